The van der Waals surface area contributed by atoms with E-state index in [2.05, 4.69) is 22.0 Å². The predicted octanol–water partition coefficient (Wildman–Crippen LogP) is 0.193. The Labute approximate surface area is 225 Å². The van der Waals surface area contributed by atoms with Crippen molar-refractivity contribution in [3.05, 3.63) is 23.7 Å². The van der Waals surface area contributed by atoms with Crippen molar-refractivity contribution >= 4 is 63.7 Å². The van der Waals surface area contributed by atoms with E-state index < -0.39 is 65.4 Å². The Morgan fingerprint density at radius 2 is 2.08 bits per heavy atom. The van der Waals surface area contributed by atoms with E-state index in [1.54, 1.807) is 20.8 Å². The monoisotopic (exact) mass is 569 g/mol. The van der Waals surface area contributed by atoms with Crippen molar-refractivity contribution < 1.29 is 43.4 Å². The van der Waals surface area contributed by atoms with Crippen LogP contribution in [0.1, 0.15) is 26.5 Å². The third-order valence-electron chi connectivity index (χ3n) is 5.51. The van der Waals surface area contributed by atoms with Crippen LogP contribution in [0.2, 0.25) is 0 Å². The van der Waals surface area contributed by atoms with Gasteiger partial charge < -0.3 is 35.4 Å². The van der Waals surface area contributed by atoms with Crippen molar-refractivity contribution in [3.8, 4) is 0 Å². The molecule has 0 saturated carbocycles. The van der Waals surface area contributed by atoms with Crippen molar-refractivity contribution in [2.75, 3.05) is 31.4 Å². The van der Waals surface area contributed by atoms with Gasteiger partial charge in [-0.05, 0) is 20.8 Å². The van der Waals surface area contributed by atoms with E-state index in [0.717, 1.165) is 11.3 Å². The largest absolute Gasteiger partial charge is 0.479 e. The summed E-state index contributed by atoms with van der Waals surface area (Å²) in [6.45, 7) is 7.30. The quantitative estimate of drug-likeness (QED) is 0.0864. The standard InChI is InChI=1S/C22H27N5O9S2/c1-5-22(19(33)35-10-34-18(32)21(2,3)4)8-27-16(31)14(17(27)38-9-22)25-15(30)13(26-36-6-12(28)29)11-7-37-20(23)24-11/h5,7,14,17H,1,6,8-10H2,2-4H3,(H2,23,24)(H,25,30)(H,28,29)/t14?,17-,22?/m1/s1. The Kier molecular flexibility index (Phi) is 8.66. The van der Waals surface area contributed by atoms with Gasteiger partial charge in [0.2, 0.25) is 19.3 Å². The highest BCUT2D eigenvalue weighted by Crippen LogP contribution is 2.43. The number of aromatic nitrogens is 1. The average Bonchev–Trinajstić information content (AvgIpc) is 3.29. The molecule has 0 spiro atoms. The van der Waals surface area contributed by atoms with E-state index in [4.69, 9.17) is 25.2 Å². The van der Waals surface area contributed by atoms with Crippen LogP contribution in [0.3, 0.4) is 0 Å². The van der Waals surface area contributed by atoms with Crippen LogP contribution in [0, 0.1) is 10.8 Å². The number of oxime groups is 1. The predicted molar refractivity (Wildman–Crippen MR) is 136 cm³/mol. The number of thiazole rings is 1. The van der Waals surface area contributed by atoms with Crippen molar-refractivity contribution in [1.82, 2.24) is 15.2 Å². The van der Waals surface area contributed by atoms with Gasteiger partial charge in [0.1, 0.15) is 22.5 Å². The van der Waals surface area contributed by atoms with Gasteiger partial charge in [-0.2, -0.15) is 0 Å². The molecule has 0 aromatic carbocycles. The molecular formula is C22H27N5O9S2. The van der Waals surface area contributed by atoms with Crippen LogP contribution in [0.25, 0.3) is 0 Å². The highest BCUT2D eigenvalue weighted by molar-refractivity contribution is 8.00. The summed E-state index contributed by atoms with van der Waals surface area (Å²) in [5.41, 5.74) is 3.32. The fraction of sp³-hybridized carbons (Fsp3) is 0.500. The zero-order valence-electron chi connectivity index (χ0n) is 20.8. The molecule has 1 aromatic heterocycles. The minimum Gasteiger partial charge on any atom is -0.479 e. The first-order valence-corrected chi connectivity index (χ1v) is 13.1. The van der Waals surface area contributed by atoms with Crippen molar-refractivity contribution in [2.24, 2.45) is 16.0 Å². The molecule has 2 fully saturated rings. The van der Waals surface area contributed by atoms with Gasteiger partial charge in [0.05, 0.1) is 5.41 Å². The lowest BCUT2D eigenvalue weighted by Crippen LogP contribution is -2.73. The third-order valence-corrected chi connectivity index (χ3v) is 7.73. The van der Waals surface area contributed by atoms with Crippen LogP contribution in [0.4, 0.5) is 5.13 Å². The van der Waals surface area contributed by atoms with Crippen molar-refractivity contribution in [2.45, 2.75) is 32.2 Å². The first kappa shape index (κ1) is 28.9. The van der Waals surface area contributed by atoms with Gasteiger partial charge in [-0.15, -0.1) is 29.7 Å². The van der Waals surface area contributed by atoms with Crippen LogP contribution < -0.4 is 11.1 Å². The maximum atomic E-state index is 12.9. The number of thioether (sulfide) groups is 1. The molecule has 16 heteroatoms. The normalized spacial score (nSPS) is 23.0. The number of aliphatic carboxylic acids is 1. The SMILES string of the molecule is C=CC1(C(=O)OCOC(=O)C(C)(C)C)CS[C@@H]2C(NC(=O)C(=NOCC(=O)O)c3csc(N)n3)C(=O)N2C1. The number of rotatable bonds is 10. The molecule has 14 nitrogen and oxygen atoms in total. The average molecular weight is 570 g/mol. The minimum atomic E-state index is -1.30. The number of carboxylic acids is 1. The van der Waals surface area contributed by atoms with E-state index in [-0.39, 0.29) is 28.8 Å². The summed E-state index contributed by atoms with van der Waals surface area (Å²) in [4.78, 5) is 71.4. The van der Waals surface area contributed by atoms with E-state index in [9.17, 15) is 24.0 Å². The number of nitrogens with one attached hydrogen (secondary N) is 1. The molecule has 2 aliphatic heterocycles. The van der Waals surface area contributed by atoms with Crippen LogP contribution in [0.15, 0.2) is 23.2 Å². The molecule has 3 heterocycles. The van der Waals surface area contributed by atoms with E-state index in [1.807, 2.05) is 0 Å². The van der Waals surface area contributed by atoms with E-state index in [0.29, 0.717) is 0 Å². The number of ether oxygens (including phenoxy) is 2. The molecule has 2 unspecified atom stereocenters. The van der Waals surface area contributed by atoms with Gasteiger partial charge in [-0.1, -0.05) is 11.2 Å². The lowest BCUT2D eigenvalue weighted by Gasteiger charge is -2.53. The number of nitrogen functional groups attached to an aromatic ring is 1. The maximum Gasteiger partial charge on any atom is 0.344 e. The number of nitrogens with zero attached hydrogens (tertiary/aromatic N) is 3. The van der Waals surface area contributed by atoms with Gasteiger partial charge in [0.25, 0.3) is 5.91 Å². The molecule has 2 amide bonds. The van der Waals surface area contributed by atoms with Crippen LogP contribution in [-0.2, 0) is 38.3 Å². The number of carbonyl (C=O) groups is 5. The number of nitrogens with two attached hydrogens (primary N) is 1. The fourth-order valence-corrected chi connectivity index (χ4v) is 5.46. The Balaban J connectivity index is 1.63. The second kappa shape index (κ2) is 11.4. The van der Waals surface area contributed by atoms with Gasteiger partial charge >= 0.3 is 17.9 Å². The molecule has 1 aromatic rings. The van der Waals surface area contributed by atoms with Crippen LogP contribution in [0.5, 0.6) is 0 Å². The number of hydrogen-bond acceptors (Lipinski definition) is 13. The molecule has 2 aliphatic rings. The van der Waals surface area contributed by atoms with Crippen molar-refractivity contribution in [3.63, 3.8) is 0 Å². The zero-order valence-corrected chi connectivity index (χ0v) is 22.4. The first-order valence-electron chi connectivity index (χ1n) is 11.1. The van der Waals surface area contributed by atoms with Gasteiger partial charge in [0, 0.05) is 17.7 Å². The summed E-state index contributed by atoms with van der Waals surface area (Å²) < 4.78 is 10.1. The fourth-order valence-electron chi connectivity index (χ4n) is 3.38. The van der Waals surface area contributed by atoms with Gasteiger partial charge in [-0.25, -0.2) is 9.78 Å². The van der Waals surface area contributed by atoms with Gasteiger partial charge in [-0.3, -0.25) is 19.2 Å². The summed E-state index contributed by atoms with van der Waals surface area (Å²) in [6, 6.07) is -0.945. The third kappa shape index (κ3) is 6.24. The topological polar surface area (TPSA) is 200 Å². The number of amides is 2. The summed E-state index contributed by atoms with van der Waals surface area (Å²) in [7, 11) is 0. The number of carbonyl (C=O) groups excluding carboxylic acids is 4. The summed E-state index contributed by atoms with van der Waals surface area (Å²) in [5, 5.41) is 16.0. The Morgan fingerprint density at radius 1 is 1.37 bits per heavy atom. The van der Waals surface area contributed by atoms with Crippen molar-refractivity contribution in [1.29, 1.82) is 0 Å². The molecule has 3 atom stereocenters. The van der Waals surface area contributed by atoms with Crippen LogP contribution >= 0.6 is 23.1 Å². The molecule has 206 valence electrons. The highest BCUT2D eigenvalue weighted by atomic mass is 32.2. The molecule has 38 heavy (non-hydrogen) atoms. The lowest BCUT2D eigenvalue weighted by atomic mass is 9.87. The molecule has 4 N–H and O–H groups in total. The Bertz CT molecular complexity index is 1180. The number of hydrogen-bond donors (Lipinski definition) is 3. The number of fused-ring (bicyclic) bond motifs is 1. The first-order chi connectivity index (χ1) is 17.8. The lowest BCUT2D eigenvalue weighted by molar-refractivity contribution is -0.178. The van der Waals surface area contributed by atoms with Gasteiger partial charge in [0.15, 0.2) is 10.8 Å². The Hall–Kier alpha value is -3.66. The number of esters is 2. The summed E-state index contributed by atoms with van der Waals surface area (Å²) in [5.74, 6) is -3.63. The molecule has 2 saturated heterocycles. The smallest absolute Gasteiger partial charge is 0.344 e. The second-order valence-electron chi connectivity index (χ2n) is 9.39. The zero-order chi connectivity index (χ0) is 28.3. The minimum absolute atomic E-state index is 0.0449. The number of anilines is 1. The van der Waals surface area contributed by atoms with Crippen LogP contribution in [-0.4, -0.2) is 87.5 Å². The Morgan fingerprint density at radius 3 is 2.66 bits per heavy atom. The molecule has 3 rings (SSSR count). The van der Waals surface area contributed by atoms with E-state index >= 15 is 0 Å². The summed E-state index contributed by atoms with van der Waals surface area (Å²) in [6.07, 6.45) is 1.39. The molecule has 0 bridgehead atoms. The molecule has 0 aliphatic carbocycles. The molecular weight excluding hydrogens is 542 g/mol. The number of β-lactam (4-membered cyclic amide) rings is 1. The summed E-state index contributed by atoms with van der Waals surface area (Å²) >= 11 is 2.27. The highest BCUT2D eigenvalue weighted by Gasteiger charge is 2.57. The van der Waals surface area contributed by atoms with E-state index in [1.165, 1.54) is 28.1 Å². The molecule has 0 radical (unpaired) electrons. The maximum absolute atomic E-state index is 12.9. The second-order valence-corrected chi connectivity index (χ2v) is 11.4. The number of carboxylic acid groups (broad SMARTS) is 1.